The van der Waals surface area contributed by atoms with E-state index in [9.17, 15) is 14.0 Å². The first-order valence-corrected chi connectivity index (χ1v) is 10.4. The van der Waals surface area contributed by atoms with Gasteiger partial charge in [-0.1, -0.05) is 6.07 Å². The second-order valence-electron chi connectivity index (χ2n) is 7.97. The van der Waals surface area contributed by atoms with Gasteiger partial charge in [0.1, 0.15) is 11.6 Å². The van der Waals surface area contributed by atoms with Crippen LogP contribution in [0.5, 0.6) is 0 Å². The predicted molar refractivity (Wildman–Crippen MR) is 121 cm³/mol. The molecule has 2 aromatic carbocycles. The number of hydrogen-bond acceptors (Lipinski definition) is 4. The van der Waals surface area contributed by atoms with Crippen LogP contribution in [-0.2, 0) is 9.59 Å². The number of carbonyl (C=O) groups is 2. The molecule has 1 saturated heterocycles. The molecule has 31 heavy (non-hydrogen) atoms. The molecule has 0 atom stereocenters. The fourth-order valence-electron chi connectivity index (χ4n) is 4.00. The van der Waals surface area contributed by atoms with E-state index in [1.807, 2.05) is 31.2 Å². The summed E-state index contributed by atoms with van der Waals surface area (Å²) in [4.78, 5) is 30.9. The summed E-state index contributed by atoms with van der Waals surface area (Å²) >= 11 is 0. The number of amides is 2. The molecular weight excluding hydrogens is 395 g/mol. The predicted octanol–water partition coefficient (Wildman–Crippen LogP) is 4.50. The highest BCUT2D eigenvalue weighted by atomic mass is 19.1. The van der Waals surface area contributed by atoms with Crippen LogP contribution in [0.2, 0.25) is 0 Å². The summed E-state index contributed by atoms with van der Waals surface area (Å²) in [7, 11) is 0. The minimum absolute atomic E-state index is 0.0709. The number of nitrogens with one attached hydrogen (secondary N) is 2. The highest BCUT2D eigenvalue weighted by Gasteiger charge is 2.26. The average molecular weight is 420 g/mol. The molecule has 1 aliphatic heterocycles. The number of hydrogen-bond donors (Lipinski definition) is 2. The lowest BCUT2D eigenvalue weighted by molar-refractivity contribution is -0.120. The van der Waals surface area contributed by atoms with Crippen molar-refractivity contribution in [2.45, 2.75) is 26.7 Å². The van der Waals surface area contributed by atoms with Crippen LogP contribution in [0, 0.1) is 18.7 Å². The number of aromatic nitrogens is 1. The molecule has 2 N–H and O–H groups in total. The smallest absolute Gasteiger partial charge is 0.227 e. The lowest BCUT2D eigenvalue weighted by atomic mass is 9.95. The van der Waals surface area contributed by atoms with E-state index in [1.165, 1.54) is 19.1 Å². The van der Waals surface area contributed by atoms with E-state index in [0.29, 0.717) is 18.5 Å². The van der Waals surface area contributed by atoms with Crippen LogP contribution in [-0.4, -0.2) is 29.9 Å². The number of nitrogens with zero attached hydrogens (tertiary/aromatic N) is 2. The number of rotatable bonds is 4. The number of fused-ring (bicyclic) bond motifs is 1. The molecule has 0 unspecified atom stereocenters. The zero-order chi connectivity index (χ0) is 22.0. The lowest BCUT2D eigenvalue weighted by Crippen LogP contribution is -2.38. The molecular formula is C24H25FN4O2. The lowest BCUT2D eigenvalue weighted by Gasteiger charge is -2.32. The van der Waals surface area contributed by atoms with Gasteiger partial charge in [-0.2, -0.15) is 0 Å². The van der Waals surface area contributed by atoms with Crippen molar-refractivity contribution in [3.05, 3.63) is 59.9 Å². The molecule has 2 amide bonds. The van der Waals surface area contributed by atoms with E-state index in [1.54, 1.807) is 12.1 Å². The van der Waals surface area contributed by atoms with E-state index in [-0.39, 0.29) is 23.5 Å². The quantitative estimate of drug-likeness (QED) is 0.652. The summed E-state index contributed by atoms with van der Waals surface area (Å²) < 4.78 is 13.3. The van der Waals surface area contributed by atoms with Gasteiger partial charge in [0, 0.05) is 42.7 Å². The number of halogens is 1. The molecule has 1 aromatic heterocycles. The largest absolute Gasteiger partial charge is 0.357 e. The third-order valence-electron chi connectivity index (χ3n) is 5.60. The highest BCUT2D eigenvalue weighted by Crippen LogP contribution is 2.28. The summed E-state index contributed by atoms with van der Waals surface area (Å²) in [5.74, 6) is 0.237. The first kappa shape index (κ1) is 20.8. The van der Waals surface area contributed by atoms with E-state index in [0.717, 1.165) is 41.1 Å². The Kier molecular flexibility index (Phi) is 5.84. The van der Waals surface area contributed by atoms with E-state index < -0.39 is 0 Å². The van der Waals surface area contributed by atoms with Gasteiger partial charge >= 0.3 is 0 Å². The zero-order valence-corrected chi connectivity index (χ0v) is 17.6. The Morgan fingerprint density at radius 3 is 2.48 bits per heavy atom. The molecule has 2 heterocycles. The molecule has 4 rings (SSSR count). The normalized spacial score (nSPS) is 14.5. The zero-order valence-electron chi connectivity index (χ0n) is 17.6. The van der Waals surface area contributed by atoms with Gasteiger partial charge in [0.05, 0.1) is 5.52 Å². The average Bonchev–Trinajstić information content (AvgIpc) is 2.74. The summed E-state index contributed by atoms with van der Waals surface area (Å²) in [6, 6.07) is 13.7. The molecule has 0 saturated carbocycles. The van der Waals surface area contributed by atoms with E-state index >= 15 is 0 Å². The summed E-state index contributed by atoms with van der Waals surface area (Å²) in [5, 5.41) is 6.62. The minimum Gasteiger partial charge on any atom is -0.357 e. The van der Waals surface area contributed by atoms with E-state index in [4.69, 9.17) is 4.98 Å². The molecule has 6 nitrogen and oxygen atoms in total. The second-order valence-corrected chi connectivity index (χ2v) is 7.97. The van der Waals surface area contributed by atoms with Crippen molar-refractivity contribution in [3.63, 3.8) is 0 Å². The van der Waals surface area contributed by atoms with Gasteiger partial charge in [-0.05, 0) is 67.8 Å². The topological polar surface area (TPSA) is 74.3 Å². The second kappa shape index (κ2) is 8.71. The van der Waals surface area contributed by atoms with Crippen molar-refractivity contribution in [1.29, 1.82) is 0 Å². The van der Waals surface area contributed by atoms with Gasteiger partial charge in [0.25, 0.3) is 0 Å². The van der Waals surface area contributed by atoms with Crippen LogP contribution in [0.3, 0.4) is 0 Å². The summed E-state index contributed by atoms with van der Waals surface area (Å²) in [5.41, 5.74) is 3.19. The molecule has 0 bridgehead atoms. The Hall–Kier alpha value is -3.48. The Bertz CT molecular complexity index is 1140. The SMILES string of the molecule is CC(=O)Nc1ccc2nc(N3CCC(C(=O)Nc4cccc(F)c4)CC3)cc(C)c2c1. The molecule has 160 valence electrons. The third kappa shape index (κ3) is 4.82. The third-order valence-corrected chi connectivity index (χ3v) is 5.60. The Morgan fingerprint density at radius 2 is 1.77 bits per heavy atom. The van der Waals surface area contributed by atoms with Gasteiger partial charge in [-0.15, -0.1) is 0 Å². The Labute approximate surface area is 180 Å². The van der Waals surface area contributed by atoms with Crippen LogP contribution >= 0.6 is 0 Å². The molecule has 1 aliphatic rings. The highest BCUT2D eigenvalue weighted by molar-refractivity contribution is 5.94. The first-order chi connectivity index (χ1) is 14.9. The molecule has 0 spiro atoms. The number of benzene rings is 2. The first-order valence-electron chi connectivity index (χ1n) is 10.4. The van der Waals surface area contributed by atoms with Gasteiger partial charge in [0.2, 0.25) is 11.8 Å². The van der Waals surface area contributed by atoms with Crippen LogP contribution < -0.4 is 15.5 Å². The molecule has 0 radical (unpaired) electrons. The molecule has 0 aliphatic carbocycles. The van der Waals surface area contributed by atoms with Gasteiger partial charge < -0.3 is 15.5 Å². The molecule has 3 aromatic rings. The van der Waals surface area contributed by atoms with Crippen LogP contribution in [0.15, 0.2) is 48.5 Å². The van der Waals surface area contributed by atoms with Crippen molar-refractivity contribution in [1.82, 2.24) is 4.98 Å². The number of carbonyl (C=O) groups excluding carboxylic acids is 2. The maximum atomic E-state index is 13.3. The van der Waals surface area contributed by atoms with Crippen LogP contribution in [0.25, 0.3) is 10.9 Å². The Balaban J connectivity index is 1.43. The number of anilines is 3. The maximum Gasteiger partial charge on any atom is 0.227 e. The summed E-state index contributed by atoms with van der Waals surface area (Å²) in [6.07, 6.45) is 1.42. The van der Waals surface area contributed by atoms with Crippen molar-refractivity contribution in [2.75, 3.05) is 28.6 Å². The number of piperidine rings is 1. The fraction of sp³-hybridized carbons (Fsp3) is 0.292. The summed E-state index contributed by atoms with van der Waals surface area (Å²) in [6.45, 7) is 4.97. The van der Waals surface area contributed by atoms with Crippen molar-refractivity contribution < 1.29 is 14.0 Å². The number of pyridine rings is 1. The molecule has 1 fully saturated rings. The minimum atomic E-state index is -0.366. The molecule has 7 heteroatoms. The van der Waals surface area contributed by atoms with Crippen LogP contribution in [0.4, 0.5) is 21.6 Å². The van der Waals surface area contributed by atoms with Gasteiger partial charge in [-0.25, -0.2) is 9.37 Å². The van der Waals surface area contributed by atoms with Crippen molar-refractivity contribution in [2.24, 2.45) is 5.92 Å². The Morgan fingerprint density at radius 1 is 1.03 bits per heavy atom. The van der Waals surface area contributed by atoms with E-state index in [2.05, 4.69) is 15.5 Å². The van der Waals surface area contributed by atoms with Gasteiger partial charge in [0.15, 0.2) is 0 Å². The standard InChI is InChI=1S/C24H25FN4O2/c1-15-12-23(28-22-7-6-20(14-21(15)22)26-16(2)30)29-10-8-17(9-11-29)24(31)27-19-5-3-4-18(25)13-19/h3-7,12-14,17H,8-11H2,1-2H3,(H,26,30)(H,27,31). The monoisotopic (exact) mass is 420 g/mol. The maximum absolute atomic E-state index is 13.3. The fourth-order valence-corrected chi connectivity index (χ4v) is 4.00. The van der Waals surface area contributed by atoms with Crippen molar-refractivity contribution >= 4 is 39.9 Å². The number of aryl methyl sites for hydroxylation is 1. The van der Waals surface area contributed by atoms with Gasteiger partial charge in [-0.3, -0.25) is 9.59 Å². The van der Waals surface area contributed by atoms with Crippen molar-refractivity contribution in [3.8, 4) is 0 Å². The van der Waals surface area contributed by atoms with Crippen LogP contribution in [0.1, 0.15) is 25.3 Å².